The van der Waals surface area contributed by atoms with Crippen molar-refractivity contribution in [3.63, 3.8) is 0 Å². The van der Waals surface area contributed by atoms with Crippen molar-refractivity contribution in [2.24, 2.45) is 0 Å². The lowest BCUT2D eigenvalue weighted by Gasteiger charge is -2.15. The number of likely N-dealkylation sites (tertiary alicyclic amines) is 1. The fraction of sp³-hybridized carbons (Fsp3) is 0.353. The predicted octanol–water partition coefficient (Wildman–Crippen LogP) is 1.44. The first-order valence-corrected chi connectivity index (χ1v) is 7.90. The second-order valence-electron chi connectivity index (χ2n) is 5.56. The lowest BCUT2D eigenvalue weighted by Crippen LogP contribution is -2.30. The van der Waals surface area contributed by atoms with Gasteiger partial charge in [0.25, 0.3) is 5.91 Å². The first kappa shape index (κ1) is 16.4. The van der Waals surface area contributed by atoms with Gasteiger partial charge in [0, 0.05) is 37.8 Å². The summed E-state index contributed by atoms with van der Waals surface area (Å²) in [6.07, 6.45) is 1.98. The van der Waals surface area contributed by atoms with Crippen molar-refractivity contribution in [3.05, 3.63) is 48.3 Å². The summed E-state index contributed by atoms with van der Waals surface area (Å²) < 4.78 is 5.43. The van der Waals surface area contributed by atoms with Crippen LogP contribution in [0.2, 0.25) is 0 Å². The molecule has 0 saturated carbocycles. The van der Waals surface area contributed by atoms with Gasteiger partial charge in [-0.2, -0.15) is 0 Å². The van der Waals surface area contributed by atoms with Crippen molar-refractivity contribution < 1.29 is 14.6 Å². The second-order valence-corrected chi connectivity index (χ2v) is 5.56. The molecular weight excluding hydrogens is 308 g/mol. The fourth-order valence-corrected chi connectivity index (χ4v) is 2.64. The van der Waals surface area contributed by atoms with E-state index in [0.29, 0.717) is 24.7 Å². The molecule has 0 bridgehead atoms. The Morgan fingerprint density at radius 1 is 1.29 bits per heavy atom. The zero-order chi connectivity index (χ0) is 16.9. The van der Waals surface area contributed by atoms with Gasteiger partial charge in [-0.25, -0.2) is 9.97 Å². The number of benzene rings is 1. The maximum atomic E-state index is 12.5. The van der Waals surface area contributed by atoms with Gasteiger partial charge in [-0.1, -0.05) is 18.2 Å². The average Bonchev–Trinajstić information content (AvgIpc) is 2.97. The van der Waals surface area contributed by atoms with Crippen molar-refractivity contribution in [2.75, 3.05) is 25.0 Å². The number of aliphatic hydroxyl groups excluding tert-OH is 1. The molecule has 24 heavy (non-hydrogen) atoms. The van der Waals surface area contributed by atoms with Crippen molar-refractivity contribution >= 4 is 17.5 Å². The zero-order valence-corrected chi connectivity index (χ0v) is 13.4. The molecule has 1 aliphatic rings. The number of aliphatic hydroxyl groups is 1. The van der Waals surface area contributed by atoms with E-state index in [1.807, 2.05) is 37.3 Å². The summed E-state index contributed by atoms with van der Waals surface area (Å²) in [6, 6.07) is 9.55. The van der Waals surface area contributed by atoms with Gasteiger partial charge in [-0.15, -0.1) is 0 Å². The maximum Gasteiger partial charge on any atom is 0.257 e. The minimum absolute atomic E-state index is 0.206. The smallest absolute Gasteiger partial charge is 0.257 e. The molecule has 1 saturated heterocycles. The van der Waals surface area contributed by atoms with Gasteiger partial charge < -0.3 is 20.1 Å². The molecule has 1 aliphatic heterocycles. The largest absolute Gasteiger partial charge is 0.388 e. The maximum absolute atomic E-state index is 12.5. The number of anilines is 2. The van der Waals surface area contributed by atoms with Crippen LogP contribution in [0.5, 0.6) is 0 Å². The number of hydrogen-bond donors (Lipinski definition) is 2. The summed E-state index contributed by atoms with van der Waals surface area (Å²) in [5.41, 5.74) is 1.26. The third-order valence-corrected chi connectivity index (χ3v) is 3.83. The number of carbonyl (C=O) groups excluding carboxylic acids is 1. The quantitative estimate of drug-likeness (QED) is 0.863. The molecule has 0 unspecified atom stereocenters. The second kappa shape index (κ2) is 7.37. The topological polar surface area (TPSA) is 87.6 Å². The summed E-state index contributed by atoms with van der Waals surface area (Å²) in [6.45, 7) is 3.00. The fourth-order valence-electron chi connectivity index (χ4n) is 2.64. The molecule has 1 aromatic carbocycles. The molecule has 3 rings (SSSR count). The molecule has 7 heteroatoms. The Hall–Kier alpha value is -2.51. The molecule has 2 heterocycles. The molecule has 1 aromatic heterocycles. The van der Waals surface area contributed by atoms with Crippen LogP contribution < -0.4 is 5.32 Å². The summed E-state index contributed by atoms with van der Waals surface area (Å²) in [5, 5.41) is 13.0. The predicted molar refractivity (Wildman–Crippen MR) is 89.1 cm³/mol. The molecule has 1 amide bonds. The minimum Gasteiger partial charge on any atom is -0.388 e. The van der Waals surface area contributed by atoms with Gasteiger partial charge in [0.15, 0.2) is 0 Å². The highest BCUT2D eigenvalue weighted by molar-refractivity contribution is 5.94. The number of aromatic nitrogens is 2. The molecule has 2 N–H and O–H groups in total. The van der Waals surface area contributed by atoms with Crippen molar-refractivity contribution in [3.8, 4) is 0 Å². The number of hydrogen-bond acceptors (Lipinski definition) is 6. The molecule has 1 fully saturated rings. The molecular formula is C17H20N4O3. The van der Waals surface area contributed by atoms with Gasteiger partial charge in [-0.3, -0.25) is 4.79 Å². The number of nitrogens with zero attached hydrogens (tertiary/aromatic N) is 3. The number of ether oxygens (including phenoxy) is 1. The number of nitrogens with one attached hydrogen (secondary N) is 1. The van der Waals surface area contributed by atoms with Crippen LogP contribution in [0.4, 0.5) is 11.6 Å². The van der Waals surface area contributed by atoms with Crippen molar-refractivity contribution in [1.82, 2.24) is 14.9 Å². The van der Waals surface area contributed by atoms with E-state index in [9.17, 15) is 9.90 Å². The van der Waals surface area contributed by atoms with Crippen LogP contribution in [0.3, 0.4) is 0 Å². The Morgan fingerprint density at radius 3 is 2.67 bits per heavy atom. The SMILES string of the molecule is CCO[C@@H]1CN(C(=O)c2cnc(Nc3ccccc3)nc2)C[C@H]1O. The monoisotopic (exact) mass is 328 g/mol. The molecule has 0 radical (unpaired) electrons. The molecule has 0 aliphatic carbocycles. The highest BCUT2D eigenvalue weighted by Crippen LogP contribution is 2.17. The third-order valence-electron chi connectivity index (χ3n) is 3.83. The summed E-state index contributed by atoms with van der Waals surface area (Å²) in [4.78, 5) is 22.4. The Morgan fingerprint density at radius 2 is 2.00 bits per heavy atom. The van der Waals surface area contributed by atoms with E-state index in [0.717, 1.165) is 5.69 Å². The number of amides is 1. The zero-order valence-electron chi connectivity index (χ0n) is 13.4. The summed E-state index contributed by atoms with van der Waals surface area (Å²) in [5.74, 6) is 0.217. The van der Waals surface area contributed by atoms with E-state index < -0.39 is 6.10 Å². The molecule has 7 nitrogen and oxygen atoms in total. The lowest BCUT2D eigenvalue weighted by molar-refractivity contribution is -0.00237. The van der Waals surface area contributed by atoms with Crippen LogP contribution in [-0.2, 0) is 4.74 Å². The van der Waals surface area contributed by atoms with E-state index in [-0.39, 0.29) is 18.6 Å². The molecule has 2 aromatic rings. The van der Waals surface area contributed by atoms with E-state index >= 15 is 0 Å². The highest BCUT2D eigenvalue weighted by Gasteiger charge is 2.35. The first-order valence-electron chi connectivity index (χ1n) is 7.90. The number of β-amino-alcohol motifs (C(OH)–C–C–N with tert-alkyl or cyclic N) is 1. The highest BCUT2D eigenvalue weighted by atomic mass is 16.5. The molecule has 0 spiro atoms. The van der Waals surface area contributed by atoms with Crippen molar-refractivity contribution in [1.29, 1.82) is 0 Å². The van der Waals surface area contributed by atoms with Gasteiger partial charge >= 0.3 is 0 Å². The van der Waals surface area contributed by atoms with Gasteiger partial charge in [0.2, 0.25) is 5.95 Å². The van der Waals surface area contributed by atoms with E-state index in [4.69, 9.17) is 4.74 Å². The molecule has 2 atom stereocenters. The Labute approximate surface area is 140 Å². The number of rotatable bonds is 5. The molecule has 126 valence electrons. The first-order chi connectivity index (χ1) is 11.7. The number of carbonyl (C=O) groups is 1. The van der Waals surface area contributed by atoms with E-state index in [1.165, 1.54) is 12.4 Å². The van der Waals surface area contributed by atoms with Gasteiger partial charge in [0.1, 0.15) is 6.10 Å². The van der Waals surface area contributed by atoms with Crippen LogP contribution in [0.1, 0.15) is 17.3 Å². The minimum atomic E-state index is -0.658. The van der Waals surface area contributed by atoms with Crippen LogP contribution in [0, 0.1) is 0 Å². The van der Waals surface area contributed by atoms with E-state index in [1.54, 1.807) is 4.90 Å². The standard InChI is InChI=1S/C17H20N4O3/c1-2-24-15-11-21(10-14(15)22)16(23)12-8-18-17(19-9-12)20-13-6-4-3-5-7-13/h3-9,14-15,22H,2,10-11H2,1H3,(H,18,19,20)/t14-,15-/m1/s1. The third kappa shape index (κ3) is 3.69. The Balaban J connectivity index is 1.64. The summed E-state index contributed by atoms with van der Waals surface area (Å²) in [7, 11) is 0. The van der Waals surface area contributed by atoms with Crippen LogP contribution in [-0.4, -0.2) is 57.8 Å². The van der Waals surface area contributed by atoms with Crippen molar-refractivity contribution in [2.45, 2.75) is 19.1 Å². The average molecular weight is 328 g/mol. The lowest BCUT2D eigenvalue weighted by atomic mass is 10.3. The van der Waals surface area contributed by atoms with Crippen LogP contribution in [0.15, 0.2) is 42.7 Å². The van der Waals surface area contributed by atoms with Gasteiger partial charge in [-0.05, 0) is 19.1 Å². The Kier molecular flexibility index (Phi) is 5.02. The van der Waals surface area contributed by atoms with E-state index in [2.05, 4.69) is 15.3 Å². The Bertz CT molecular complexity index is 678. The van der Waals surface area contributed by atoms with Crippen LogP contribution >= 0.6 is 0 Å². The summed E-state index contributed by atoms with van der Waals surface area (Å²) >= 11 is 0. The van der Waals surface area contributed by atoms with Gasteiger partial charge in [0.05, 0.1) is 11.7 Å². The number of para-hydroxylation sites is 1. The normalized spacial score (nSPS) is 20.2. The van der Waals surface area contributed by atoms with Crippen LogP contribution in [0.25, 0.3) is 0 Å².